The molecule has 12 heterocycles. The number of pyridine rings is 3. The monoisotopic (exact) mass is 1430 g/mol. The van der Waals surface area contributed by atoms with E-state index < -0.39 is 36.3 Å². The molecule has 6 saturated carbocycles. The normalized spacial score (nSPS) is 30.3. The zero-order chi connectivity index (χ0) is 71.4. The van der Waals surface area contributed by atoms with Crippen LogP contribution in [0.4, 0.5) is 52.6 Å². The van der Waals surface area contributed by atoms with Gasteiger partial charge in [-0.25, -0.2) is 15.0 Å². The van der Waals surface area contributed by atoms with E-state index in [-0.39, 0.29) is 52.3 Å². The minimum Gasteiger partial charge on any atom is -0.431 e. The van der Waals surface area contributed by atoms with Crippen LogP contribution in [0.15, 0.2) is 55.0 Å². The minimum absolute atomic E-state index is 0.0460. The van der Waals surface area contributed by atoms with Crippen molar-refractivity contribution in [2.24, 2.45) is 35.5 Å². The number of likely N-dealkylation sites (tertiary alicyclic amines) is 3. The number of nitrogens with zero attached hydrogens (tertiary/aromatic N) is 13. The third-order valence-corrected chi connectivity index (χ3v) is 24.7. The Balaban J connectivity index is 0.000000118. The number of halogens is 8. The van der Waals surface area contributed by atoms with Crippen molar-refractivity contribution in [1.29, 1.82) is 0 Å². The first-order valence-corrected chi connectivity index (χ1v) is 36.7. The maximum atomic E-state index is 13.3. The largest absolute Gasteiger partial charge is 0.573 e. The van der Waals surface area contributed by atoms with Crippen molar-refractivity contribution in [3.05, 3.63) is 77.6 Å². The second-order valence-electron chi connectivity index (χ2n) is 32.5. The molecule has 12 aliphatic rings. The average molecular weight is 1430 g/mol. The number of rotatable bonds is 15. The third kappa shape index (κ3) is 13.2. The summed E-state index contributed by atoms with van der Waals surface area (Å²) in [4.78, 5) is 21.9. The molecular formula is C73H94F8N16O5. The Hall–Kier alpha value is -6.76. The fourth-order valence-corrected chi connectivity index (χ4v) is 19.8. The molecule has 0 bridgehead atoms. The highest BCUT2D eigenvalue weighted by Crippen LogP contribution is 2.67. The number of alkyl halides is 8. The van der Waals surface area contributed by atoms with Crippen LogP contribution in [0.2, 0.25) is 0 Å². The maximum Gasteiger partial charge on any atom is 0.573 e. The second kappa shape index (κ2) is 25.8. The molecule has 12 atom stereocenters. The number of likely N-dealkylation sites (N-methyl/N-ethyl adjacent to an activating group) is 1. The molecule has 0 radical (unpaired) electrons. The molecule has 552 valence electrons. The van der Waals surface area contributed by atoms with Crippen molar-refractivity contribution in [2.45, 2.75) is 196 Å². The summed E-state index contributed by atoms with van der Waals surface area (Å²) in [5.74, 6) is 3.80. The van der Waals surface area contributed by atoms with Crippen LogP contribution < -0.4 is 26.7 Å². The van der Waals surface area contributed by atoms with E-state index in [1.807, 2.05) is 21.5 Å². The number of nitrogens with two attached hydrogens (primary N) is 3. The zero-order valence-corrected chi connectivity index (χ0v) is 58.9. The number of hydrogen-bond donors (Lipinski definition) is 3. The summed E-state index contributed by atoms with van der Waals surface area (Å²) in [7, 11) is 2.18. The molecule has 6 unspecified atom stereocenters. The van der Waals surface area contributed by atoms with E-state index >= 15 is 0 Å². The van der Waals surface area contributed by atoms with Crippen LogP contribution >= 0.6 is 0 Å². The van der Waals surface area contributed by atoms with Crippen LogP contribution in [-0.2, 0) is 20.4 Å². The summed E-state index contributed by atoms with van der Waals surface area (Å²) < 4.78 is 137. The van der Waals surface area contributed by atoms with E-state index in [1.54, 1.807) is 6.20 Å². The molecule has 6 aromatic rings. The Bertz CT molecular complexity index is 4030. The van der Waals surface area contributed by atoms with E-state index in [1.165, 1.54) is 94.4 Å². The summed E-state index contributed by atoms with van der Waals surface area (Å²) in [5, 5.41) is 14.3. The number of fused-ring (bicyclic) bond motifs is 3. The summed E-state index contributed by atoms with van der Waals surface area (Å²) in [6.45, 7) is 20.6. The molecule has 102 heavy (non-hydrogen) atoms. The molecule has 6 saturated heterocycles. The van der Waals surface area contributed by atoms with Gasteiger partial charge in [-0.05, 0) is 185 Å². The Kier molecular flexibility index (Phi) is 17.6. The van der Waals surface area contributed by atoms with Gasteiger partial charge in [0, 0.05) is 172 Å². The lowest BCUT2D eigenvalue weighted by molar-refractivity contribution is -0.274. The predicted molar refractivity (Wildman–Crippen MR) is 364 cm³/mol. The number of morpholine rings is 1. The first kappa shape index (κ1) is 69.6. The lowest BCUT2D eigenvalue weighted by Gasteiger charge is -2.55. The van der Waals surface area contributed by atoms with E-state index in [9.17, 15) is 35.1 Å². The van der Waals surface area contributed by atoms with Gasteiger partial charge in [-0.2, -0.15) is 37.2 Å². The first-order valence-electron chi connectivity index (χ1n) is 36.7. The summed E-state index contributed by atoms with van der Waals surface area (Å²) >= 11 is 0. The zero-order valence-electron chi connectivity index (χ0n) is 58.9. The lowest BCUT2D eigenvalue weighted by atomic mass is 9.88. The molecule has 3 spiro atoms. The number of anilines is 3. The van der Waals surface area contributed by atoms with Crippen LogP contribution in [0.5, 0.6) is 11.5 Å². The standard InChI is InChI=1S/C25H34F2N6O2.C24H30F3N5O2.C24H30F3N5O/c1-14(2)33-20(9-19(30-33)15-6-21(35-24(26)27)23(28)29-10-15)22-17-7-16(8-18(17)22)32-12-25(13-32)11-31(3)4-5-34-25;1-13(2)32-19(9-18(30-32)14-6-20(22(28)29-10-14)34-24(25,26)27)21-16-7-15(8-17(16)21)31-11-23(12-31)4-3-5-33-23;1-13(2)32-20(9-19(30-32)14-6-18(24(25,26)27)22(28)29-10-14)21-16-7-15(8-17(16)21)31-11-23(12-31)4-3-5-33-23/h6,9-10,14,16-18,22,24H,4-5,7-8,11-13H2,1-3H3,(H2,28,29);6,9-10,13,15-17,21H,3-5,7-8,11-12H2,1-2H3,(H2,28,29);6,9-10,13,15-17,21H,3-5,7-8,11-12H2,1-2H3,(H2,28,29)/t16?,17-,18+,22?;2*15?,16-,17+,21?. The smallest absolute Gasteiger partial charge is 0.431 e. The number of nitrogen functional groups attached to an aromatic ring is 3. The van der Waals surface area contributed by atoms with Gasteiger partial charge in [0.15, 0.2) is 23.1 Å². The van der Waals surface area contributed by atoms with Gasteiger partial charge in [0.2, 0.25) is 0 Å². The van der Waals surface area contributed by atoms with Gasteiger partial charge in [0.05, 0.1) is 40.5 Å². The molecule has 6 N–H and O–H groups in total. The van der Waals surface area contributed by atoms with Gasteiger partial charge in [-0.1, -0.05) is 0 Å². The molecule has 12 fully saturated rings. The lowest BCUT2D eigenvalue weighted by Crippen LogP contribution is -2.71. The van der Waals surface area contributed by atoms with Gasteiger partial charge in [-0.15, -0.1) is 13.2 Å². The molecule has 21 nitrogen and oxygen atoms in total. The van der Waals surface area contributed by atoms with Crippen molar-refractivity contribution in [2.75, 3.05) is 96.4 Å². The van der Waals surface area contributed by atoms with E-state index in [2.05, 4.69) is 103 Å². The summed E-state index contributed by atoms with van der Waals surface area (Å²) in [6.07, 6.45) is 6.96. The quantitative estimate of drug-likeness (QED) is 0.0812. The fourth-order valence-electron chi connectivity index (χ4n) is 19.8. The maximum absolute atomic E-state index is 13.3. The highest BCUT2D eigenvalue weighted by Gasteiger charge is 2.64. The summed E-state index contributed by atoms with van der Waals surface area (Å²) in [5.41, 5.74) is 23.0. The second-order valence-corrected chi connectivity index (χ2v) is 32.5. The third-order valence-electron chi connectivity index (χ3n) is 24.7. The topological polar surface area (TPSA) is 229 Å². The molecule has 0 aromatic carbocycles. The van der Waals surface area contributed by atoms with Crippen LogP contribution in [-0.4, -0.2) is 191 Å². The molecule has 6 aromatic heterocycles. The van der Waals surface area contributed by atoms with Crippen molar-refractivity contribution in [3.63, 3.8) is 0 Å². The molecule has 6 aliphatic heterocycles. The van der Waals surface area contributed by atoms with Crippen LogP contribution in [0, 0.1) is 35.5 Å². The predicted octanol–water partition coefficient (Wildman–Crippen LogP) is 12.1. The van der Waals surface area contributed by atoms with Gasteiger partial charge in [0.25, 0.3) is 0 Å². The number of hydrogen-bond acceptors (Lipinski definition) is 18. The number of ether oxygens (including phenoxy) is 5. The fraction of sp³-hybridized carbons (Fsp3) is 0.671. The van der Waals surface area contributed by atoms with Crippen molar-refractivity contribution in [3.8, 4) is 45.3 Å². The van der Waals surface area contributed by atoms with Gasteiger partial charge >= 0.3 is 19.2 Å². The molecule has 18 rings (SSSR count). The van der Waals surface area contributed by atoms with Gasteiger partial charge in [-0.3, -0.25) is 28.7 Å². The Morgan fingerprint density at radius 1 is 0.480 bits per heavy atom. The Labute approximate surface area is 588 Å². The van der Waals surface area contributed by atoms with Gasteiger partial charge < -0.3 is 45.8 Å². The van der Waals surface area contributed by atoms with Crippen molar-refractivity contribution >= 4 is 17.5 Å². The average Bonchev–Trinajstić information content (AvgIpc) is 1.56. The SMILES string of the molecule is CC(C)n1nc(-c2cnc(N)c(C(F)(F)F)c2)cc1C1[C@H]2CC(N3CC4(CCCO4)C3)C[C@@H]12.CC(C)n1nc(-c2cnc(N)c(OC(F)(F)F)c2)cc1C1[C@H]2CC(N3CC4(CCCO4)C3)C[C@@H]12.CC(C)n1nc(-c2cnc(N)c(OC(F)F)c2)cc1C1[C@H]2CC(N3CC4(CN(C)CCO4)C3)C[C@@H]12. The van der Waals surface area contributed by atoms with Crippen LogP contribution in [0.25, 0.3) is 33.8 Å². The minimum atomic E-state index is -4.83. The highest BCUT2D eigenvalue weighted by molar-refractivity contribution is 5.67. The van der Waals surface area contributed by atoms with Gasteiger partial charge in [0.1, 0.15) is 11.4 Å². The number of aromatic nitrogens is 9. The molecule has 6 aliphatic carbocycles. The van der Waals surface area contributed by atoms with E-state index in [0.29, 0.717) is 105 Å². The van der Waals surface area contributed by atoms with Crippen molar-refractivity contribution < 1.29 is 58.8 Å². The molecule has 29 heteroatoms. The van der Waals surface area contributed by atoms with Crippen molar-refractivity contribution in [1.82, 2.24) is 63.9 Å². The first-order chi connectivity index (χ1) is 48.5. The summed E-state index contributed by atoms with van der Waals surface area (Å²) in [6, 6.07) is 12.3. The Morgan fingerprint density at radius 3 is 1.20 bits per heavy atom. The van der Waals surface area contributed by atoms with E-state index in [0.717, 1.165) is 89.6 Å². The molecule has 0 amide bonds. The van der Waals surface area contributed by atoms with Crippen LogP contribution in [0.3, 0.4) is 0 Å². The van der Waals surface area contributed by atoms with E-state index in [4.69, 9.17) is 46.7 Å². The van der Waals surface area contributed by atoms with Crippen LogP contribution in [0.1, 0.15) is 164 Å². The Morgan fingerprint density at radius 2 is 0.843 bits per heavy atom. The highest BCUT2D eigenvalue weighted by atomic mass is 19.4. The molecular weight excluding hydrogens is 1330 g/mol.